The third-order valence-corrected chi connectivity index (χ3v) is 7.12. The zero-order chi connectivity index (χ0) is 25.1. The number of thioether (sulfide) groups is 1. The number of hydrogen-bond donors (Lipinski definition) is 1. The molecule has 3 aromatic rings. The van der Waals surface area contributed by atoms with Crippen LogP contribution < -0.4 is 10.2 Å². The Morgan fingerprint density at radius 1 is 1.00 bits per heavy atom. The van der Waals surface area contributed by atoms with Gasteiger partial charge in [0.05, 0.1) is 21.5 Å². The van der Waals surface area contributed by atoms with Crippen LogP contribution in [0.15, 0.2) is 71.4 Å². The third-order valence-electron chi connectivity index (χ3n) is 5.45. The molecule has 3 aromatic carbocycles. The van der Waals surface area contributed by atoms with Gasteiger partial charge in [-0.3, -0.25) is 14.5 Å². The lowest BCUT2D eigenvalue weighted by atomic mass is 10.1. The first-order chi connectivity index (χ1) is 16.7. The van der Waals surface area contributed by atoms with E-state index in [1.165, 1.54) is 16.7 Å². The molecule has 1 N–H and O–H groups in total. The molecule has 4 rings (SSSR count). The molecule has 0 unspecified atom stereocenters. The minimum atomic E-state index is -0.280. The van der Waals surface area contributed by atoms with Gasteiger partial charge in [-0.05, 0) is 67.8 Å². The average Bonchev–Trinajstić information content (AvgIpc) is 3.13. The van der Waals surface area contributed by atoms with E-state index in [1.807, 2.05) is 63.2 Å². The smallest absolute Gasteiger partial charge is 0.283 e. The van der Waals surface area contributed by atoms with E-state index in [0.717, 1.165) is 22.4 Å². The maximum atomic E-state index is 13.4. The minimum absolute atomic E-state index is 0.0995. The molecule has 35 heavy (non-hydrogen) atoms. The SMILES string of the molecule is Cc1ccc(N2C(=O)/C(=C\c3ccc(Cl)c(Cl)c3)N=C2SCC(=O)Nc2c(C)cccc2C)cc1. The van der Waals surface area contributed by atoms with Crippen LogP contribution in [0.5, 0.6) is 0 Å². The van der Waals surface area contributed by atoms with E-state index in [4.69, 9.17) is 23.2 Å². The van der Waals surface area contributed by atoms with Crippen LogP contribution >= 0.6 is 35.0 Å². The summed E-state index contributed by atoms with van der Waals surface area (Å²) in [6.45, 7) is 5.89. The Morgan fingerprint density at radius 2 is 1.69 bits per heavy atom. The maximum absolute atomic E-state index is 13.4. The van der Waals surface area contributed by atoms with Gasteiger partial charge < -0.3 is 5.32 Å². The number of para-hydroxylation sites is 1. The highest BCUT2D eigenvalue weighted by Crippen LogP contribution is 2.31. The standard InChI is InChI=1S/C27H23Cl2N3O2S/c1-16-7-10-20(11-8-16)32-26(34)23(14-19-9-12-21(28)22(29)13-19)30-27(32)35-15-24(33)31-25-17(2)5-4-6-18(25)3/h4-14H,15H2,1-3H3,(H,31,33)/b23-14+. The van der Waals surface area contributed by atoms with Crippen molar-refractivity contribution in [2.45, 2.75) is 20.8 Å². The van der Waals surface area contributed by atoms with Crippen LogP contribution in [0.4, 0.5) is 11.4 Å². The number of aryl methyl sites for hydroxylation is 3. The molecule has 0 spiro atoms. The molecule has 0 bridgehead atoms. The molecule has 5 nitrogen and oxygen atoms in total. The molecule has 2 amide bonds. The summed E-state index contributed by atoms with van der Waals surface area (Å²) in [4.78, 5) is 32.2. The Kier molecular flexibility index (Phi) is 7.65. The number of carbonyl (C=O) groups excluding carboxylic acids is 2. The Bertz CT molecular complexity index is 1350. The van der Waals surface area contributed by atoms with Crippen molar-refractivity contribution in [1.29, 1.82) is 0 Å². The van der Waals surface area contributed by atoms with Crippen molar-refractivity contribution in [3.8, 4) is 0 Å². The first-order valence-electron chi connectivity index (χ1n) is 10.9. The summed E-state index contributed by atoms with van der Waals surface area (Å²) >= 11 is 13.4. The monoisotopic (exact) mass is 523 g/mol. The second kappa shape index (κ2) is 10.7. The molecule has 1 aliphatic rings. The van der Waals surface area contributed by atoms with Gasteiger partial charge in [0, 0.05) is 5.69 Å². The van der Waals surface area contributed by atoms with Crippen molar-refractivity contribution in [3.05, 3.63) is 98.7 Å². The van der Waals surface area contributed by atoms with Crippen molar-refractivity contribution in [1.82, 2.24) is 0 Å². The van der Waals surface area contributed by atoms with Gasteiger partial charge in [0.2, 0.25) is 5.91 Å². The van der Waals surface area contributed by atoms with Gasteiger partial charge in [0.1, 0.15) is 5.70 Å². The van der Waals surface area contributed by atoms with Crippen LogP contribution in [0.2, 0.25) is 10.0 Å². The lowest BCUT2D eigenvalue weighted by Crippen LogP contribution is -2.31. The predicted octanol–water partition coefficient (Wildman–Crippen LogP) is 7.03. The zero-order valence-corrected chi connectivity index (χ0v) is 21.8. The number of halogens is 2. The number of nitrogens with zero attached hydrogens (tertiary/aromatic N) is 2. The number of rotatable bonds is 5. The van der Waals surface area contributed by atoms with Gasteiger partial charge in [-0.1, -0.05) is 76.9 Å². The molecule has 0 aliphatic carbocycles. The molecule has 0 radical (unpaired) electrons. The Balaban J connectivity index is 1.60. The van der Waals surface area contributed by atoms with E-state index in [0.29, 0.717) is 26.5 Å². The molecular weight excluding hydrogens is 501 g/mol. The van der Waals surface area contributed by atoms with Crippen molar-refractivity contribution in [2.75, 3.05) is 16.0 Å². The highest BCUT2D eigenvalue weighted by Gasteiger charge is 2.32. The summed E-state index contributed by atoms with van der Waals surface area (Å²) in [6, 6.07) is 18.6. The van der Waals surface area contributed by atoms with Crippen LogP contribution in [0.3, 0.4) is 0 Å². The Morgan fingerprint density at radius 3 is 2.34 bits per heavy atom. The molecule has 1 aliphatic heterocycles. The number of amides is 2. The highest BCUT2D eigenvalue weighted by atomic mass is 35.5. The lowest BCUT2D eigenvalue weighted by Gasteiger charge is -2.18. The lowest BCUT2D eigenvalue weighted by molar-refractivity contribution is -0.114. The molecule has 0 aromatic heterocycles. The third kappa shape index (κ3) is 5.78. The maximum Gasteiger partial charge on any atom is 0.283 e. The summed E-state index contributed by atoms with van der Waals surface area (Å²) < 4.78 is 0. The summed E-state index contributed by atoms with van der Waals surface area (Å²) in [5.41, 5.74) is 5.49. The number of amidine groups is 1. The van der Waals surface area contributed by atoms with Gasteiger partial charge in [-0.25, -0.2) is 4.99 Å². The molecular formula is C27H23Cl2N3O2S. The molecule has 178 valence electrons. The number of hydrogen-bond acceptors (Lipinski definition) is 4. The van der Waals surface area contributed by atoms with Crippen molar-refractivity contribution < 1.29 is 9.59 Å². The van der Waals surface area contributed by atoms with Gasteiger partial charge in [-0.15, -0.1) is 0 Å². The van der Waals surface area contributed by atoms with Crippen LogP contribution in [0.25, 0.3) is 6.08 Å². The minimum Gasteiger partial charge on any atom is -0.325 e. The summed E-state index contributed by atoms with van der Waals surface area (Å²) in [6.07, 6.45) is 1.66. The molecule has 0 saturated heterocycles. The van der Waals surface area contributed by atoms with Gasteiger partial charge >= 0.3 is 0 Å². The molecule has 1 heterocycles. The average molecular weight is 524 g/mol. The van der Waals surface area contributed by atoms with Crippen LogP contribution in [0, 0.1) is 20.8 Å². The summed E-state index contributed by atoms with van der Waals surface area (Å²) in [5.74, 6) is -0.353. The van der Waals surface area contributed by atoms with Gasteiger partial charge in [0.15, 0.2) is 5.17 Å². The van der Waals surface area contributed by atoms with E-state index in [1.54, 1.807) is 24.3 Å². The zero-order valence-electron chi connectivity index (χ0n) is 19.4. The fourth-order valence-electron chi connectivity index (χ4n) is 3.59. The highest BCUT2D eigenvalue weighted by molar-refractivity contribution is 8.14. The number of anilines is 2. The molecule has 0 saturated carbocycles. The van der Waals surface area contributed by atoms with Crippen LogP contribution in [-0.2, 0) is 9.59 Å². The van der Waals surface area contributed by atoms with E-state index in [-0.39, 0.29) is 23.3 Å². The first kappa shape index (κ1) is 25.0. The van der Waals surface area contributed by atoms with Crippen LogP contribution in [-0.4, -0.2) is 22.7 Å². The molecule has 8 heteroatoms. The van der Waals surface area contributed by atoms with Crippen LogP contribution in [0.1, 0.15) is 22.3 Å². The van der Waals surface area contributed by atoms with Crippen molar-refractivity contribution in [3.63, 3.8) is 0 Å². The topological polar surface area (TPSA) is 61.8 Å². The fraction of sp³-hybridized carbons (Fsp3) is 0.148. The van der Waals surface area contributed by atoms with E-state index < -0.39 is 0 Å². The van der Waals surface area contributed by atoms with Gasteiger partial charge in [-0.2, -0.15) is 0 Å². The Labute approximate surface area is 218 Å². The number of carbonyl (C=O) groups is 2. The van der Waals surface area contributed by atoms with E-state index in [2.05, 4.69) is 10.3 Å². The van der Waals surface area contributed by atoms with Crippen molar-refractivity contribution in [2.24, 2.45) is 4.99 Å². The normalized spacial score (nSPS) is 14.4. The number of aliphatic imine (C=N–C) groups is 1. The second-order valence-corrected chi connectivity index (χ2v) is 9.93. The van der Waals surface area contributed by atoms with Gasteiger partial charge in [0.25, 0.3) is 5.91 Å². The summed E-state index contributed by atoms with van der Waals surface area (Å²) in [5, 5.41) is 4.24. The molecule has 0 fully saturated rings. The quantitative estimate of drug-likeness (QED) is 0.365. The number of benzene rings is 3. The number of nitrogens with one attached hydrogen (secondary N) is 1. The molecule has 0 atom stereocenters. The second-order valence-electron chi connectivity index (χ2n) is 8.18. The largest absolute Gasteiger partial charge is 0.325 e. The van der Waals surface area contributed by atoms with E-state index in [9.17, 15) is 9.59 Å². The predicted molar refractivity (Wildman–Crippen MR) is 148 cm³/mol. The summed E-state index contributed by atoms with van der Waals surface area (Å²) in [7, 11) is 0. The van der Waals surface area contributed by atoms with E-state index >= 15 is 0 Å². The fourth-order valence-corrected chi connectivity index (χ4v) is 4.71. The Hall–Kier alpha value is -3.06. The van der Waals surface area contributed by atoms with Crippen molar-refractivity contribution >= 4 is 69.4 Å². The first-order valence-corrected chi connectivity index (χ1v) is 12.6.